The number of benzene rings is 1. The summed E-state index contributed by atoms with van der Waals surface area (Å²) < 4.78 is 1.38. The van der Waals surface area contributed by atoms with E-state index in [2.05, 4.69) is 0 Å². The molecule has 1 heterocycles. The lowest BCUT2D eigenvalue weighted by atomic mass is 10.1. The van der Waals surface area contributed by atoms with Gasteiger partial charge in [0, 0.05) is 11.8 Å². The van der Waals surface area contributed by atoms with Crippen molar-refractivity contribution in [1.82, 2.24) is 4.57 Å². The molecule has 1 aromatic carbocycles. The number of aromatic hydroxyl groups is 1. The molecule has 0 spiro atoms. The summed E-state index contributed by atoms with van der Waals surface area (Å²) in [5.41, 5.74) is 1.53. The summed E-state index contributed by atoms with van der Waals surface area (Å²) in [5.74, 6) is -1.16. The number of pyridine rings is 1. The van der Waals surface area contributed by atoms with E-state index in [1.807, 2.05) is 0 Å². The van der Waals surface area contributed by atoms with Gasteiger partial charge in [-0.1, -0.05) is 6.07 Å². The third-order valence-corrected chi connectivity index (χ3v) is 2.90. The molecule has 5 nitrogen and oxygen atoms in total. The minimum absolute atomic E-state index is 0.106. The second-order valence-electron chi connectivity index (χ2n) is 4.33. The second kappa shape index (κ2) is 4.61. The number of aromatic carboxylic acids is 1. The second-order valence-corrected chi connectivity index (χ2v) is 4.33. The number of nitrogens with zero attached hydrogens (tertiary/aromatic N) is 1. The molecule has 0 amide bonds. The molecule has 0 saturated carbocycles. The molecule has 2 aromatic rings. The lowest BCUT2D eigenvalue weighted by Gasteiger charge is -2.13. The molecule has 0 aliphatic carbocycles. The van der Waals surface area contributed by atoms with Gasteiger partial charge in [-0.05, 0) is 37.6 Å². The predicted octanol–water partition coefficient (Wildman–Crippen LogP) is 1.86. The van der Waals surface area contributed by atoms with E-state index < -0.39 is 11.5 Å². The lowest BCUT2D eigenvalue weighted by molar-refractivity contribution is 0.0697. The van der Waals surface area contributed by atoms with Gasteiger partial charge in [-0.25, -0.2) is 4.79 Å². The van der Waals surface area contributed by atoms with Crippen LogP contribution in [0.15, 0.2) is 35.1 Å². The quantitative estimate of drug-likeness (QED) is 0.862. The third kappa shape index (κ3) is 2.35. The Balaban J connectivity index is 2.75. The van der Waals surface area contributed by atoms with Gasteiger partial charge in [0.1, 0.15) is 5.75 Å². The zero-order chi connectivity index (χ0) is 14.2. The number of rotatable bonds is 2. The number of aromatic nitrogens is 1. The van der Waals surface area contributed by atoms with Crippen molar-refractivity contribution in [3.8, 4) is 11.4 Å². The number of carboxylic acids is 1. The zero-order valence-electron chi connectivity index (χ0n) is 10.5. The van der Waals surface area contributed by atoms with E-state index >= 15 is 0 Å². The molecule has 0 aliphatic heterocycles. The van der Waals surface area contributed by atoms with E-state index in [1.54, 1.807) is 19.9 Å². The monoisotopic (exact) mass is 259 g/mol. The molecule has 0 fully saturated rings. The largest absolute Gasteiger partial charge is 0.508 e. The SMILES string of the molecule is Cc1ccc(C(=O)O)cc1-n1c(C)cc(O)cc1=O. The summed E-state index contributed by atoms with van der Waals surface area (Å²) in [6, 6.07) is 7.14. The van der Waals surface area contributed by atoms with Gasteiger partial charge >= 0.3 is 5.97 Å². The Bertz CT molecular complexity index is 716. The smallest absolute Gasteiger partial charge is 0.335 e. The third-order valence-electron chi connectivity index (χ3n) is 2.90. The molecule has 2 N–H and O–H groups in total. The van der Waals surface area contributed by atoms with Gasteiger partial charge in [-0.3, -0.25) is 9.36 Å². The van der Waals surface area contributed by atoms with Crippen LogP contribution in [0.25, 0.3) is 5.69 Å². The molecule has 0 aliphatic rings. The molecule has 2 rings (SSSR count). The Morgan fingerprint density at radius 2 is 1.84 bits per heavy atom. The van der Waals surface area contributed by atoms with Crippen LogP contribution in [-0.4, -0.2) is 20.7 Å². The predicted molar refractivity (Wildman–Crippen MR) is 70.1 cm³/mol. The Morgan fingerprint density at radius 3 is 2.42 bits per heavy atom. The molecule has 19 heavy (non-hydrogen) atoms. The molecule has 1 aromatic heterocycles. The number of carbonyl (C=O) groups is 1. The van der Waals surface area contributed by atoms with Crippen LogP contribution in [0.4, 0.5) is 0 Å². The Hall–Kier alpha value is -2.56. The van der Waals surface area contributed by atoms with E-state index in [4.69, 9.17) is 5.11 Å². The van der Waals surface area contributed by atoms with Gasteiger partial charge < -0.3 is 10.2 Å². The van der Waals surface area contributed by atoms with Gasteiger partial charge in [0.25, 0.3) is 5.56 Å². The normalized spacial score (nSPS) is 10.4. The minimum Gasteiger partial charge on any atom is -0.508 e. The zero-order valence-corrected chi connectivity index (χ0v) is 10.5. The average molecular weight is 259 g/mol. The number of hydrogen-bond acceptors (Lipinski definition) is 3. The fourth-order valence-corrected chi connectivity index (χ4v) is 1.98. The van der Waals surface area contributed by atoms with E-state index in [-0.39, 0.29) is 11.3 Å². The minimum atomic E-state index is -1.05. The molecule has 0 unspecified atom stereocenters. The van der Waals surface area contributed by atoms with Crippen LogP contribution in [-0.2, 0) is 0 Å². The highest BCUT2D eigenvalue weighted by Gasteiger charge is 2.11. The molecular formula is C14H13NO4. The van der Waals surface area contributed by atoms with Crippen molar-refractivity contribution in [2.24, 2.45) is 0 Å². The van der Waals surface area contributed by atoms with Gasteiger partial charge in [0.05, 0.1) is 11.3 Å². The highest BCUT2D eigenvalue weighted by molar-refractivity contribution is 5.88. The Kier molecular flexibility index (Phi) is 3.12. The molecule has 0 saturated heterocycles. The summed E-state index contributed by atoms with van der Waals surface area (Å²) in [6.45, 7) is 3.47. The summed E-state index contributed by atoms with van der Waals surface area (Å²) in [6.07, 6.45) is 0. The first kappa shape index (κ1) is 12.9. The van der Waals surface area contributed by atoms with Crippen LogP contribution < -0.4 is 5.56 Å². The summed E-state index contributed by atoms with van der Waals surface area (Å²) >= 11 is 0. The van der Waals surface area contributed by atoms with E-state index in [1.165, 1.54) is 22.8 Å². The van der Waals surface area contributed by atoms with Gasteiger partial charge in [-0.2, -0.15) is 0 Å². The first-order chi connectivity index (χ1) is 8.90. The molecule has 0 radical (unpaired) electrons. The summed E-state index contributed by atoms with van der Waals surface area (Å²) in [4.78, 5) is 22.9. The maximum atomic E-state index is 12.0. The topological polar surface area (TPSA) is 79.5 Å². The summed E-state index contributed by atoms with van der Waals surface area (Å²) in [7, 11) is 0. The Morgan fingerprint density at radius 1 is 1.16 bits per heavy atom. The number of hydrogen-bond donors (Lipinski definition) is 2. The van der Waals surface area contributed by atoms with Crippen molar-refractivity contribution in [2.45, 2.75) is 13.8 Å². The number of carboxylic acid groups (broad SMARTS) is 1. The van der Waals surface area contributed by atoms with Crippen molar-refractivity contribution in [3.63, 3.8) is 0 Å². The van der Waals surface area contributed by atoms with Crippen molar-refractivity contribution in [3.05, 3.63) is 57.5 Å². The average Bonchev–Trinajstić information content (AvgIpc) is 2.29. The fourth-order valence-electron chi connectivity index (χ4n) is 1.98. The molecular weight excluding hydrogens is 246 g/mol. The maximum Gasteiger partial charge on any atom is 0.335 e. The molecule has 98 valence electrons. The number of aryl methyl sites for hydroxylation is 2. The van der Waals surface area contributed by atoms with Crippen molar-refractivity contribution >= 4 is 5.97 Å². The van der Waals surface area contributed by atoms with Crippen LogP contribution in [0.1, 0.15) is 21.6 Å². The first-order valence-corrected chi connectivity index (χ1v) is 5.67. The molecule has 0 bridgehead atoms. The molecule has 0 atom stereocenters. The Labute approximate surface area is 109 Å². The standard InChI is InChI=1S/C14H13NO4/c1-8-3-4-10(14(18)19)6-12(8)15-9(2)5-11(16)7-13(15)17/h3-7,16H,1-2H3,(H,18,19). The van der Waals surface area contributed by atoms with Crippen LogP contribution in [0.2, 0.25) is 0 Å². The lowest BCUT2D eigenvalue weighted by Crippen LogP contribution is -2.20. The van der Waals surface area contributed by atoms with Gasteiger partial charge in [0.2, 0.25) is 0 Å². The van der Waals surface area contributed by atoms with Crippen molar-refractivity contribution in [2.75, 3.05) is 0 Å². The molecule has 5 heteroatoms. The van der Waals surface area contributed by atoms with Crippen LogP contribution in [0.5, 0.6) is 5.75 Å². The maximum absolute atomic E-state index is 12.0. The van der Waals surface area contributed by atoms with E-state index in [0.29, 0.717) is 11.4 Å². The van der Waals surface area contributed by atoms with Crippen molar-refractivity contribution in [1.29, 1.82) is 0 Å². The van der Waals surface area contributed by atoms with Gasteiger partial charge in [0.15, 0.2) is 0 Å². The highest BCUT2D eigenvalue weighted by atomic mass is 16.4. The van der Waals surface area contributed by atoms with Crippen LogP contribution in [0, 0.1) is 13.8 Å². The van der Waals surface area contributed by atoms with E-state index in [9.17, 15) is 14.7 Å². The van der Waals surface area contributed by atoms with Crippen LogP contribution in [0.3, 0.4) is 0 Å². The van der Waals surface area contributed by atoms with Crippen molar-refractivity contribution < 1.29 is 15.0 Å². The fraction of sp³-hybridized carbons (Fsp3) is 0.143. The highest BCUT2D eigenvalue weighted by Crippen LogP contribution is 2.18. The van der Waals surface area contributed by atoms with Gasteiger partial charge in [-0.15, -0.1) is 0 Å². The summed E-state index contributed by atoms with van der Waals surface area (Å²) in [5, 5.41) is 18.4. The van der Waals surface area contributed by atoms with Crippen LogP contribution >= 0.6 is 0 Å². The van der Waals surface area contributed by atoms with E-state index in [0.717, 1.165) is 11.6 Å². The first-order valence-electron chi connectivity index (χ1n) is 5.67.